The number of ketones is 1. The predicted octanol–water partition coefficient (Wildman–Crippen LogP) is 6.78. The Balaban J connectivity index is 1.86. The lowest BCUT2D eigenvalue weighted by atomic mass is 9.94. The fourth-order valence-electron chi connectivity index (χ4n) is 4.88. The highest BCUT2D eigenvalue weighted by atomic mass is 19.2. The van der Waals surface area contributed by atoms with Crippen LogP contribution in [0.5, 0.6) is 5.75 Å². The Kier molecular flexibility index (Phi) is 8.57. The number of hydrogen-bond donors (Lipinski definition) is 1. The predicted molar refractivity (Wildman–Crippen MR) is 153 cm³/mol. The molecule has 3 aromatic carbocycles. The van der Waals surface area contributed by atoms with Crippen molar-refractivity contribution in [3.63, 3.8) is 0 Å². The van der Waals surface area contributed by atoms with Crippen molar-refractivity contribution in [3.8, 4) is 5.75 Å². The van der Waals surface area contributed by atoms with Gasteiger partial charge in [-0.3, -0.25) is 14.5 Å². The molecule has 0 aromatic heterocycles. The lowest BCUT2D eigenvalue weighted by Crippen LogP contribution is -2.29. The third-order valence-electron chi connectivity index (χ3n) is 6.98. The molecule has 1 atom stereocenters. The first-order valence-corrected chi connectivity index (χ1v) is 13.4. The van der Waals surface area contributed by atoms with Crippen LogP contribution in [0.15, 0.2) is 66.2 Å². The van der Waals surface area contributed by atoms with Gasteiger partial charge in [0.2, 0.25) is 0 Å². The molecule has 0 saturated carbocycles. The fourth-order valence-corrected chi connectivity index (χ4v) is 4.88. The summed E-state index contributed by atoms with van der Waals surface area (Å²) in [5, 5.41) is 11.5. The van der Waals surface area contributed by atoms with Crippen molar-refractivity contribution < 1.29 is 28.2 Å². The van der Waals surface area contributed by atoms with Gasteiger partial charge in [-0.25, -0.2) is 8.78 Å². The third-order valence-corrected chi connectivity index (χ3v) is 6.98. The maximum atomic E-state index is 14.2. The molecule has 8 heteroatoms. The Morgan fingerprint density at radius 2 is 1.65 bits per heavy atom. The molecule has 1 aliphatic heterocycles. The summed E-state index contributed by atoms with van der Waals surface area (Å²) < 4.78 is 33.8. The molecule has 3 aromatic rings. The zero-order chi connectivity index (χ0) is 29.1. The number of benzene rings is 3. The van der Waals surface area contributed by atoms with Crippen molar-refractivity contribution in [2.24, 2.45) is 5.92 Å². The lowest BCUT2D eigenvalue weighted by Gasteiger charge is -2.27. The largest absolute Gasteiger partial charge is 0.507 e. The van der Waals surface area contributed by atoms with Gasteiger partial charge in [-0.1, -0.05) is 26.0 Å². The van der Waals surface area contributed by atoms with E-state index in [9.17, 15) is 23.5 Å². The van der Waals surface area contributed by atoms with Crippen molar-refractivity contribution in [2.45, 2.75) is 40.7 Å². The number of aryl methyl sites for hydroxylation is 1. The molecule has 210 valence electrons. The molecule has 1 N–H and O–H groups in total. The van der Waals surface area contributed by atoms with Crippen LogP contribution in [0.4, 0.5) is 20.2 Å². The summed E-state index contributed by atoms with van der Waals surface area (Å²) in [6.07, 6.45) is 0. The van der Waals surface area contributed by atoms with Gasteiger partial charge in [-0.2, -0.15) is 0 Å². The molecule has 1 saturated heterocycles. The Bertz CT molecular complexity index is 1450. The van der Waals surface area contributed by atoms with Gasteiger partial charge in [0, 0.05) is 36.1 Å². The summed E-state index contributed by atoms with van der Waals surface area (Å²) in [5.41, 5.74) is 2.44. The number of aliphatic hydroxyl groups is 1. The first kappa shape index (κ1) is 28.8. The maximum Gasteiger partial charge on any atom is 0.300 e. The van der Waals surface area contributed by atoms with E-state index in [4.69, 9.17) is 4.74 Å². The van der Waals surface area contributed by atoms with Gasteiger partial charge in [0.25, 0.3) is 11.7 Å². The Morgan fingerprint density at radius 1 is 0.975 bits per heavy atom. The average molecular weight is 549 g/mol. The first-order chi connectivity index (χ1) is 19.1. The number of rotatable bonds is 9. The molecular weight excluding hydrogens is 514 g/mol. The molecule has 0 spiro atoms. The van der Waals surface area contributed by atoms with Crippen molar-refractivity contribution in [1.29, 1.82) is 0 Å². The van der Waals surface area contributed by atoms with Crippen molar-refractivity contribution in [1.82, 2.24) is 0 Å². The van der Waals surface area contributed by atoms with Crippen LogP contribution in [0.1, 0.15) is 50.4 Å². The second-order valence-electron chi connectivity index (χ2n) is 10.2. The van der Waals surface area contributed by atoms with E-state index < -0.39 is 29.4 Å². The van der Waals surface area contributed by atoms with E-state index in [-0.39, 0.29) is 17.0 Å². The van der Waals surface area contributed by atoms with E-state index in [0.717, 1.165) is 41.4 Å². The molecule has 1 amide bonds. The van der Waals surface area contributed by atoms with Crippen LogP contribution >= 0.6 is 0 Å². The quantitative estimate of drug-likeness (QED) is 0.181. The zero-order valence-electron chi connectivity index (χ0n) is 23.4. The molecule has 6 nitrogen and oxygen atoms in total. The van der Waals surface area contributed by atoms with E-state index in [2.05, 4.69) is 4.90 Å². The summed E-state index contributed by atoms with van der Waals surface area (Å²) >= 11 is 0. The molecule has 0 bridgehead atoms. The Labute approximate surface area is 233 Å². The molecule has 4 rings (SSSR count). The molecule has 1 unspecified atom stereocenters. The van der Waals surface area contributed by atoms with Gasteiger partial charge in [-0.15, -0.1) is 0 Å². The molecular formula is C32H34F2N2O4. The standard InChI is InChI=1S/C32H34F2N2O4/c1-6-35(7-2)23-11-8-21(9-12-23)29-28(30(37)22-10-15-27(20(5)16-22)40-18-19(3)4)31(38)32(39)36(29)24-13-14-25(33)26(34)17-24/h8-17,19,29,37H,6-7,18H2,1-5H3/b30-28+. The molecule has 0 aliphatic carbocycles. The number of aliphatic hydroxyl groups excluding tert-OH is 1. The highest BCUT2D eigenvalue weighted by molar-refractivity contribution is 6.51. The van der Waals surface area contributed by atoms with Crippen LogP contribution in [-0.4, -0.2) is 36.5 Å². The number of ether oxygens (including phenoxy) is 1. The number of nitrogens with zero attached hydrogens (tertiary/aromatic N) is 2. The summed E-state index contributed by atoms with van der Waals surface area (Å²) in [6.45, 7) is 12.1. The van der Waals surface area contributed by atoms with Crippen molar-refractivity contribution >= 4 is 28.8 Å². The number of hydrogen-bond acceptors (Lipinski definition) is 5. The average Bonchev–Trinajstić information content (AvgIpc) is 3.20. The molecule has 1 heterocycles. The number of Topliss-reactive ketones (excluding diaryl/α,β-unsaturated/α-hetero) is 1. The smallest absolute Gasteiger partial charge is 0.300 e. The Hall–Kier alpha value is -4.20. The van der Waals surface area contributed by atoms with Crippen LogP contribution in [0.25, 0.3) is 5.76 Å². The zero-order valence-corrected chi connectivity index (χ0v) is 23.4. The van der Waals surface area contributed by atoms with Gasteiger partial charge in [0.05, 0.1) is 18.2 Å². The van der Waals surface area contributed by atoms with E-state index in [1.54, 1.807) is 30.3 Å². The summed E-state index contributed by atoms with van der Waals surface area (Å²) in [4.78, 5) is 30.0. The van der Waals surface area contributed by atoms with Gasteiger partial charge >= 0.3 is 0 Å². The first-order valence-electron chi connectivity index (χ1n) is 13.4. The second-order valence-corrected chi connectivity index (χ2v) is 10.2. The fraction of sp³-hybridized carbons (Fsp3) is 0.312. The van der Waals surface area contributed by atoms with Crippen LogP contribution in [-0.2, 0) is 9.59 Å². The van der Waals surface area contributed by atoms with Gasteiger partial charge in [0.15, 0.2) is 11.6 Å². The van der Waals surface area contributed by atoms with E-state index >= 15 is 0 Å². The summed E-state index contributed by atoms with van der Waals surface area (Å²) in [7, 11) is 0. The minimum Gasteiger partial charge on any atom is -0.507 e. The number of carbonyl (C=O) groups is 2. The topological polar surface area (TPSA) is 70.1 Å². The highest BCUT2D eigenvalue weighted by Crippen LogP contribution is 2.43. The summed E-state index contributed by atoms with van der Waals surface area (Å²) in [6, 6.07) is 14.3. The normalized spacial score (nSPS) is 16.6. The van der Waals surface area contributed by atoms with E-state index in [0.29, 0.717) is 29.4 Å². The van der Waals surface area contributed by atoms with E-state index in [1.165, 1.54) is 6.07 Å². The third kappa shape index (κ3) is 5.57. The number of anilines is 2. The summed E-state index contributed by atoms with van der Waals surface area (Å²) in [5.74, 6) is -3.47. The van der Waals surface area contributed by atoms with Crippen molar-refractivity contribution in [3.05, 3.63) is 94.6 Å². The lowest BCUT2D eigenvalue weighted by molar-refractivity contribution is -0.132. The number of halogens is 2. The minimum atomic E-state index is -1.15. The molecule has 0 radical (unpaired) electrons. The van der Waals surface area contributed by atoms with Crippen LogP contribution < -0.4 is 14.5 Å². The SMILES string of the molecule is CCN(CC)c1ccc(C2/C(=C(\O)c3ccc(OCC(C)C)c(C)c3)C(=O)C(=O)N2c2ccc(F)c(F)c2)cc1. The van der Waals surface area contributed by atoms with Crippen LogP contribution in [0.3, 0.4) is 0 Å². The molecule has 1 aliphatic rings. The van der Waals surface area contributed by atoms with Gasteiger partial charge < -0.3 is 14.7 Å². The monoisotopic (exact) mass is 548 g/mol. The van der Waals surface area contributed by atoms with Crippen molar-refractivity contribution in [2.75, 3.05) is 29.5 Å². The highest BCUT2D eigenvalue weighted by Gasteiger charge is 2.47. The second kappa shape index (κ2) is 11.9. The van der Waals surface area contributed by atoms with Gasteiger partial charge in [-0.05, 0) is 80.3 Å². The van der Waals surface area contributed by atoms with Gasteiger partial charge in [0.1, 0.15) is 11.5 Å². The minimum absolute atomic E-state index is 0.00600. The van der Waals surface area contributed by atoms with Crippen LogP contribution in [0.2, 0.25) is 0 Å². The maximum absolute atomic E-state index is 14.2. The molecule has 40 heavy (non-hydrogen) atoms. The number of amides is 1. The van der Waals surface area contributed by atoms with Crippen LogP contribution in [0, 0.1) is 24.5 Å². The van der Waals surface area contributed by atoms with E-state index in [1.807, 2.05) is 46.8 Å². The Morgan fingerprint density at radius 3 is 2.23 bits per heavy atom. The molecule has 1 fully saturated rings. The number of carbonyl (C=O) groups excluding carboxylic acids is 2.